The summed E-state index contributed by atoms with van der Waals surface area (Å²) in [5, 5.41) is 8.74. The normalized spacial score (nSPS) is 10.7. The molecule has 0 amide bonds. The van der Waals surface area contributed by atoms with Crippen LogP contribution in [0.2, 0.25) is 0 Å². The molecule has 2 rings (SSSR count). The van der Waals surface area contributed by atoms with Crippen molar-refractivity contribution in [3.8, 4) is 0 Å². The fourth-order valence-corrected chi connectivity index (χ4v) is 1.28. The number of aromatic amines is 1. The van der Waals surface area contributed by atoms with Crippen molar-refractivity contribution in [1.29, 1.82) is 0 Å². The molecule has 0 saturated heterocycles. The van der Waals surface area contributed by atoms with E-state index in [1.54, 1.807) is 0 Å². The van der Waals surface area contributed by atoms with Crippen molar-refractivity contribution in [2.45, 2.75) is 0 Å². The van der Waals surface area contributed by atoms with E-state index in [-0.39, 0.29) is 11.2 Å². The number of H-pyrrole nitrogens is 1. The molecule has 0 aliphatic heterocycles. The van der Waals surface area contributed by atoms with Crippen LogP contribution in [0.25, 0.3) is 11.2 Å². The van der Waals surface area contributed by atoms with E-state index < -0.39 is 17.3 Å². The first-order valence-electron chi connectivity index (χ1n) is 3.92. The Labute approximate surface area is 81.4 Å². The zero-order chi connectivity index (χ0) is 11.2. The average molecular weight is 210 g/mol. The highest BCUT2D eigenvalue weighted by Crippen LogP contribution is 2.03. The van der Waals surface area contributed by atoms with E-state index in [1.807, 2.05) is 4.98 Å². The third kappa shape index (κ3) is 1.15. The lowest BCUT2D eigenvalue weighted by Gasteiger charge is -1.97. The van der Waals surface area contributed by atoms with Gasteiger partial charge in [0.25, 0.3) is 5.56 Å². The van der Waals surface area contributed by atoms with E-state index in [1.165, 1.54) is 7.05 Å². The quantitative estimate of drug-likeness (QED) is 0.576. The SMILES string of the molecule is Cn1c(=O)[nH]c(=O)c2c1ncn2C(=O)O. The summed E-state index contributed by atoms with van der Waals surface area (Å²) in [6.07, 6.45) is -0.358. The molecular weight excluding hydrogens is 204 g/mol. The molecule has 0 aliphatic carbocycles. The van der Waals surface area contributed by atoms with Crippen LogP contribution in [-0.2, 0) is 7.05 Å². The van der Waals surface area contributed by atoms with Gasteiger partial charge in [0.2, 0.25) is 0 Å². The lowest BCUT2D eigenvalue weighted by molar-refractivity contribution is 0.197. The Balaban J connectivity index is 3.07. The molecule has 8 nitrogen and oxygen atoms in total. The Hall–Kier alpha value is -2.38. The van der Waals surface area contributed by atoms with Crippen molar-refractivity contribution < 1.29 is 9.90 Å². The number of aromatic nitrogens is 4. The van der Waals surface area contributed by atoms with Gasteiger partial charge in [-0.2, -0.15) is 0 Å². The summed E-state index contributed by atoms with van der Waals surface area (Å²) in [5.41, 5.74) is -1.54. The molecule has 15 heavy (non-hydrogen) atoms. The van der Waals surface area contributed by atoms with Crippen LogP contribution in [0.3, 0.4) is 0 Å². The van der Waals surface area contributed by atoms with Gasteiger partial charge in [0, 0.05) is 7.05 Å². The Morgan fingerprint density at radius 2 is 2.20 bits per heavy atom. The summed E-state index contributed by atoms with van der Waals surface area (Å²) in [6.45, 7) is 0. The minimum atomic E-state index is -1.33. The van der Waals surface area contributed by atoms with Gasteiger partial charge in [0.05, 0.1) is 0 Å². The lowest BCUT2D eigenvalue weighted by atomic mass is 10.5. The van der Waals surface area contributed by atoms with Crippen LogP contribution in [0.4, 0.5) is 4.79 Å². The highest BCUT2D eigenvalue weighted by atomic mass is 16.4. The van der Waals surface area contributed by atoms with Gasteiger partial charge in [-0.3, -0.25) is 14.3 Å². The fraction of sp³-hybridized carbons (Fsp3) is 0.143. The molecule has 0 spiro atoms. The maximum atomic E-state index is 11.3. The molecule has 8 heteroatoms. The summed E-state index contributed by atoms with van der Waals surface area (Å²) < 4.78 is 1.73. The summed E-state index contributed by atoms with van der Waals surface area (Å²) in [6, 6.07) is 0. The number of hydrogen-bond acceptors (Lipinski definition) is 4. The van der Waals surface area contributed by atoms with Crippen molar-refractivity contribution in [2.75, 3.05) is 0 Å². The van der Waals surface area contributed by atoms with Gasteiger partial charge >= 0.3 is 11.8 Å². The molecule has 0 atom stereocenters. The first kappa shape index (κ1) is 9.19. The summed E-state index contributed by atoms with van der Waals surface area (Å²) in [4.78, 5) is 38.9. The van der Waals surface area contributed by atoms with Crippen molar-refractivity contribution in [1.82, 2.24) is 19.1 Å². The lowest BCUT2D eigenvalue weighted by Crippen LogP contribution is -2.29. The molecular formula is C7H6N4O4. The molecule has 0 radical (unpaired) electrons. The average Bonchev–Trinajstić information content (AvgIpc) is 2.58. The van der Waals surface area contributed by atoms with Crippen LogP contribution in [0.1, 0.15) is 0 Å². The van der Waals surface area contributed by atoms with Gasteiger partial charge in [0.1, 0.15) is 6.33 Å². The van der Waals surface area contributed by atoms with Crippen molar-refractivity contribution in [2.24, 2.45) is 7.05 Å². The Kier molecular flexibility index (Phi) is 1.72. The van der Waals surface area contributed by atoms with Crippen LogP contribution in [0.15, 0.2) is 15.9 Å². The monoisotopic (exact) mass is 210 g/mol. The van der Waals surface area contributed by atoms with E-state index in [0.717, 1.165) is 10.9 Å². The highest BCUT2D eigenvalue weighted by molar-refractivity contribution is 5.82. The maximum Gasteiger partial charge on any atom is 0.417 e. The second-order valence-corrected chi connectivity index (χ2v) is 2.89. The van der Waals surface area contributed by atoms with Crippen LogP contribution in [0, 0.1) is 0 Å². The Morgan fingerprint density at radius 3 is 2.80 bits per heavy atom. The Bertz CT molecular complexity index is 662. The number of imidazole rings is 1. The summed E-state index contributed by atoms with van der Waals surface area (Å²) in [5.74, 6) is 0. The van der Waals surface area contributed by atoms with Crippen LogP contribution in [0.5, 0.6) is 0 Å². The standard InChI is InChI=1S/C7H6N4O4/c1-10-4-3(5(12)9-6(10)13)11(2-8-4)7(14)15/h2H,1H3,(H,14,15)(H,9,12,13). The number of nitrogens with zero attached hydrogens (tertiary/aromatic N) is 3. The third-order valence-corrected chi connectivity index (χ3v) is 2.01. The van der Waals surface area contributed by atoms with Crippen LogP contribution >= 0.6 is 0 Å². The van der Waals surface area contributed by atoms with Gasteiger partial charge in [-0.05, 0) is 0 Å². The number of rotatable bonds is 0. The van der Waals surface area contributed by atoms with Gasteiger partial charge in [-0.1, -0.05) is 0 Å². The second kappa shape index (κ2) is 2.80. The number of hydrogen-bond donors (Lipinski definition) is 2. The van der Waals surface area contributed by atoms with Crippen LogP contribution in [-0.4, -0.2) is 30.3 Å². The smallest absolute Gasteiger partial charge is 0.417 e. The molecule has 0 saturated carbocycles. The van der Waals surface area contributed by atoms with E-state index in [2.05, 4.69) is 4.98 Å². The van der Waals surface area contributed by atoms with E-state index in [0.29, 0.717) is 4.57 Å². The number of nitrogens with one attached hydrogen (secondary N) is 1. The molecule has 2 heterocycles. The van der Waals surface area contributed by atoms with E-state index in [9.17, 15) is 14.4 Å². The van der Waals surface area contributed by atoms with Gasteiger partial charge in [-0.25, -0.2) is 19.1 Å². The molecule has 0 bridgehead atoms. The van der Waals surface area contributed by atoms with Crippen molar-refractivity contribution >= 4 is 17.3 Å². The van der Waals surface area contributed by atoms with Gasteiger partial charge < -0.3 is 5.11 Å². The van der Waals surface area contributed by atoms with Gasteiger partial charge in [0.15, 0.2) is 11.2 Å². The van der Waals surface area contributed by atoms with E-state index >= 15 is 0 Å². The molecule has 2 aromatic heterocycles. The minimum Gasteiger partial charge on any atom is -0.464 e. The van der Waals surface area contributed by atoms with Gasteiger partial charge in [-0.15, -0.1) is 0 Å². The molecule has 2 aromatic rings. The number of fused-ring (bicyclic) bond motifs is 1. The zero-order valence-corrected chi connectivity index (χ0v) is 7.59. The minimum absolute atomic E-state index is 0.0335. The molecule has 0 aliphatic rings. The predicted molar refractivity (Wildman–Crippen MR) is 49.0 cm³/mol. The second-order valence-electron chi connectivity index (χ2n) is 2.89. The fourth-order valence-electron chi connectivity index (χ4n) is 1.28. The third-order valence-electron chi connectivity index (χ3n) is 2.01. The van der Waals surface area contributed by atoms with Crippen LogP contribution < -0.4 is 11.2 Å². The Morgan fingerprint density at radius 1 is 1.53 bits per heavy atom. The van der Waals surface area contributed by atoms with Crippen molar-refractivity contribution in [3.05, 3.63) is 27.2 Å². The first-order valence-corrected chi connectivity index (χ1v) is 3.92. The molecule has 0 fully saturated rings. The largest absolute Gasteiger partial charge is 0.464 e. The number of carboxylic acid groups (broad SMARTS) is 1. The predicted octanol–water partition coefficient (Wildman–Crippen LogP) is -1.05. The highest BCUT2D eigenvalue weighted by Gasteiger charge is 2.14. The molecule has 2 N–H and O–H groups in total. The first-order chi connectivity index (χ1) is 7.02. The summed E-state index contributed by atoms with van der Waals surface area (Å²) in [7, 11) is 1.39. The maximum absolute atomic E-state index is 11.3. The van der Waals surface area contributed by atoms with E-state index in [4.69, 9.17) is 5.11 Å². The number of aryl methyl sites for hydroxylation is 1. The molecule has 78 valence electrons. The topological polar surface area (TPSA) is 110 Å². The zero-order valence-electron chi connectivity index (χ0n) is 7.59. The molecule has 0 unspecified atom stereocenters. The molecule has 0 aromatic carbocycles. The number of carbonyl (C=O) groups is 1. The van der Waals surface area contributed by atoms with Crippen molar-refractivity contribution in [3.63, 3.8) is 0 Å². The summed E-state index contributed by atoms with van der Waals surface area (Å²) >= 11 is 0.